The summed E-state index contributed by atoms with van der Waals surface area (Å²) in [6, 6.07) is 0.445. The normalized spacial score (nSPS) is 32.0. The second-order valence-corrected chi connectivity index (χ2v) is 6.81. The zero-order valence-electron chi connectivity index (χ0n) is 13.0. The van der Waals surface area contributed by atoms with Gasteiger partial charge in [-0.05, 0) is 69.4 Å². The second-order valence-electron chi connectivity index (χ2n) is 6.81. The first-order valence-corrected chi connectivity index (χ1v) is 8.15. The fourth-order valence-electron chi connectivity index (χ4n) is 3.51. The van der Waals surface area contributed by atoms with Crippen molar-refractivity contribution in [2.45, 2.75) is 64.8 Å². The van der Waals surface area contributed by atoms with E-state index in [9.17, 15) is 4.79 Å². The molecule has 2 N–H and O–H groups in total. The lowest BCUT2D eigenvalue weighted by Crippen LogP contribution is -2.40. The second kappa shape index (κ2) is 8.89. The Morgan fingerprint density at radius 1 is 1.25 bits per heavy atom. The Morgan fingerprint density at radius 3 is 2.55 bits per heavy atom. The van der Waals surface area contributed by atoms with Crippen molar-refractivity contribution in [3.63, 3.8) is 0 Å². The molecule has 1 aliphatic carbocycles. The van der Waals surface area contributed by atoms with Crippen molar-refractivity contribution >= 4 is 18.3 Å². The van der Waals surface area contributed by atoms with Gasteiger partial charge in [0.15, 0.2) is 0 Å². The molecule has 0 aromatic rings. The van der Waals surface area contributed by atoms with Gasteiger partial charge in [0, 0.05) is 12.5 Å². The summed E-state index contributed by atoms with van der Waals surface area (Å²) in [6.07, 6.45) is 8.14. The van der Waals surface area contributed by atoms with E-state index in [-0.39, 0.29) is 18.3 Å². The molecule has 2 fully saturated rings. The van der Waals surface area contributed by atoms with Gasteiger partial charge in [-0.1, -0.05) is 13.8 Å². The molecule has 2 atom stereocenters. The minimum Gasteiger partial charge on any atom is -0.353 e. The van der Waals surface area contributed by atoms with Gasteiger partial charge in [-0.3, -0.25) is 4.79 Å². The first kappa shape index (κ1) is 17.8. The summed E-state index contributed by atoms with van der Waals surface area (Å²) in [4.78, 5) is 12.1. The molecule has 1 saturated heterocycles. The quantitative estimate of drug-likeness (QED) is 0.838. The molecule has 118 valence electrons. The molecule has 0 spiro atoms. The van der Waals surface area contributed by atoms with E-state index in [2.05, 4.69) is 24.5 Å². The highest BCUT2D eigenvalue weighted by molar-refractivity contribution is 5.85. The molecule has 1 heterocycles. The maximum atomic E-state index is 12.1. The fourth-order valence-corrected chi connectivity index (χ4v) is 3.51. The molecule has 20 heavy (non-hydrogen) atoms. The van der Waals surface area contributed by atoms with Gasteiger partial charge < -0.3 is 10.6 Å². The maximum Gasteiger partial charge on any atom is 0.220 e. The molecule has 2 rings (SSSR count). The highest BCUT2D eigenvalue weighted by Gasteiger charge is 2.24. The summed E-state index contributed by atoms with van der Waals surface area (Å²) >= 11 is 0. The van der Waals surface area contributed by atoms with E-state index in [0.29, 0.717) is 24.3 Å². The van der Waals surface area contributed by atoms with Crippen LogP contribution in [0.4, 0.5) is 0 Å². The van der Waals surface area contributed by atoms with E-state index in [1.165, 1.54) is 38.5 Å². The molecular weight excluding hydrogens is 272 g/mol. The molecule has 0 aromatic carbocycles. The number of hydrogen-bond donors (Lipinski definition) is 2. The molecule has 1 amide bonds. The van der Waals surface area contributed by atoms with Crippen molar-refractivity contribution in [3.8, 4) is 0 Å². The number of rotatable bonds is 4. The molecule has 2 unspecified atom stereocenters. The van der Waals surface area contributed by atoms with Crippen molar-refractivity contribution in [2.75, 3.05) is 13.1 Å². The van der Waals surface area contributed by atoms with Crippen molar-refractivity contribution in [1.82, 2.24) is 10.6 Å². The lowest BCUT2D eigenvalue weighted by molar-refractivity contribution is -0.123. The standard InChI is InChI=1S/C16H30N2O.ClH/c1-12-5-7-15(8-6-12)18-16(19)10-13(2)14-4-3-9-17-11-14;/h12-15,17H,3-11H2,1-2H3,(H,18,19);1H. The number of nitrogens with one attached hydrogen (secondary N) is 2. The monoisotopic (exact) mass is 302 g/mol. The van der Waals surface area contributed by atoms with Gasteiger partial charge in [0.2, 0.25) is 5.91 Å². The molecule has 0 radical (unpaired) electrons. The van der Waals surface area contributed by atoms with Gasteiger partial charge in [0.05, 0.1) is 0 Å². The molecule has 2 aliphatic rings. The van der Waals surface area contributed by atoms with Crippen LogP contribution in [0, 0.1) is 17.8 Å². The largest absolute Gasteiger partial charge is 0.353 e. The van der Waals surface area contributed by atoms with Crippen molar-refractivity contribution < 1.29 is 4.79 Å². The Morgan fingerprint density at radius 2 is 1.95 bits per heavy atom. The van der Waals surface area contributed by atoms with Crippen LogP contribution in [-0.2, 0) is 4.79 Å². The van der Waals surface area contributed by atoms with Crippen molar-refractivity contribution in [3.05, 3.63) is 0 Å². The van der Waals surface area contributed by atoms with Gasteiger partial charge in [0.25, 0.3) is 0 Å². The highest BCUT2D eigenvalue weighted by Crippen LogP contribution is 2.25. The van der Waals surface area contributed by atoms with E-state index in [0.717, 1.165) is 19.0 Å². The number of carbonyl (C=O) groups is 1. The molecule has 0 bridgehead atoms. The number of carbonyl (C=O) groups excluding carboxylic acids is 1. The summed E-state index contributed by atoms with van der Waals surface area (Å²) in [5.74, 6) is 2.32. The van der Waals surface area contributed by atoms with Crippen LogP contribution < -0.4 is 10.6 Å². The van der Waals surface area contributed by atoms with Gasteiger partial charge >= 0.3 is 0 Å². The molecule has 4 heteroatoms. The predicted molar refractivity (Wildman–Crippen MR) is 86.2 cm³/mol. The molecular formula is C16H31ClN2O. The van der Waals surface area contributed by atoms with E-state index in [1.54, 1.807) is 0 Å². The van der Waals surface area contributed by atoms with E-state index < -0.39 is 0 Å². The van der Waals surface area contributed by atoms with E-state index >= 15 is 0 Å². The molecule has 1 aliphatic heterocycles. The van der Waals surface area contributed by atoms with Crippen molar-refractivity contribution in [2.24, 2.45) is 17.8 Å². The van der Waals surface area contributed by atoms with Crippen LogP contribution in [0.2, 0.25) is 0 Å². The smallest absolute Gasteiger partial charge is 0.220 e. The Balaban J connectivity index is 0.00000200. The van der Waals surface area contributed by atoms with Gasteiger partial charge in [-0.25, -0.2) is 0 Å². The van der Waals surface area contributed by atoms with Crippen LogP contribution in [0.25, 0.3) is 0 Å². The van der Waals surface area contributed by atoms with Gasteiger partial charge in [-0.15, -0.1) is 12.4 Å². The Kier molecular flexibility index (Phi) is 7.90. The lowest BCUT2D eigenvalue weighted by atomic mass is 9.84. The Hall–Kier alpha value is -0.280. The molecule has 3 nitrogen and oxygen atoms in total. The third-order valence-corrected chi connectivity index (χ3v) is 5.03. The minimum absolute atomic E-state index is 0. The summed E-state index contributed by atoms with van der Waals surface area (Å²) < 4.78 is 0. The minimum atomic E-state index is 0. The number of amides is 1. The average Bonchev–Trinajstić information content (AvgIpc) is 2.42. The highest BCUT2D eigenvalue weighted by atomic mass is 35.5. The first-order chi connectivity index (χ1) is 9.15. The number of piperidine rings is 1. The Bertz CT molecular complexity index is 284. The summed E-state index contributed by atoms with van der Waals surface area (Å²) in [5, 5.41) is 6.69. The first-order valence-electron chi connectivity index (χ1n) is 8.15. The van der Waals surface area contributed by atoms with Crippen LogP contribution in [0.5, 0.6) is 0 Å². The SMILES string of the molecule is CC1CCC(NC(=O)CC(C)C2CCCNC2)CC1.Cl. The maximum absolute atomic E-state index is 12.1. The summed E-state index contributed by atoms with van der Waals surface area (Å²) in [7, 11) is 0. The number of hydrogen-bond acceptors (Lipinski definition) is 2. The predicted octanol–water partition coefficient (Wildman–Crippen LogP) is 3.13. The van der Waals surface area contributed by atoms with Gasteiger partial charge in [0.1, 0.15) is 0 Å². The third-order valence-electron chi connectivity index (χ3n) is 5.03. The van der Waals surface area contributed by atoms with Crippen LogP contribution >= 0.6 is 12.4 Å². The third kappa shape index (κ3) is 5.61. The van der Waals surface area contributed by atoms with Crippen LogP contribution in [0.15, 0.2) is 0 Å². The van der Waals surface area contributed by atoms with Gasteiger partial charge in [-0.2, -0.15) is 0 Å². The lowest BCUT2D eigenvalue weighted by Gasteiger charge is -2.30. The fraction of sp³-hybridized carbons (Fsp3) is 0.938. The summed E-state index contributed by atoms with van der Waals surface area (Å²) in [6.45, 7) is 6.79. The number of halogens is 1. The van der Waals surface area contributed by atoms with Crippen LogP contribution in [0.1, 0.15) is 58.8 Å². The van der Waals surface area contributed by atoms with E-state index in [4.69, 9.17) is 0 Å². The average molecular weight is 303 g/mol. The van der Waals surface area contributed by atoms with E-state index in [1.807, 2.05) is 0 Å². The Labute approximate surface area is 130 Å². The van der Waals surface area contributed by atoms with Crippen molar-refractivity contribution in [1.29, 1.82) is 0 Å². The molecule has 0 aromatic heterocycles. The van der Waals surface area contributed by atoms with Crippen LogP contribution in [-0.4, -0.2) is 25.0 Å². The van der Waals surface area contributed by atoms with Crippen LogP contribution in [0.3, 0.4) is 0 Å². The topological polar surface area (TPSA) is 41.1 Å². The zero-order chi connectivity index (χ0) is 13.7. The summed E-state index contributed by atoms with van der Waals surface area (Å²) in [5.41, 5.74) is 0. The molecule has 1 saturated carbocycles. The zero-order valence-corrected chi connectivity index (χ0v) is 13.8.